The van der Waals surface area contributed by atoms with E-state index < -0.39 is 6.04 Å². The number of aromatic nitrogens is 1. The van der Waals surface area contributed by atoms with Crippen molar-refractivity contribution in [2.75, 3.05) is 0 Å². The summed E-state index contributed by atoms with van der Waals surface area (Å²) in [5, 5.41) is 3.02. The van der Waals surface area contributed by atoms with Gasteiger partial charge in [-0.1, -0.05) is 111 Å². The molecule has 1 aromatic heterocycles. The number of carbonyl (C=O) groups is 2. The van der Waals surface area contributed by atoms with E-state index in [1.807, 2.05) is 91.0 Å². The Morgan fingerprint density at radius 2 is 1.46 bits per heavy atom. The number of hydrogen-bond acceptors (Lipinski definition) is 4. The van der Waals surface area contributed by atoms with Crippen LogP contribution in [0.3, 0.4) is 0 Å². The Hall–Kier alpha value is -3.99. The van der Waals surface area contributed by atoms with Gasteiger partial charge in [-0.15, -0.1) is 0 Å². The quantitative estimate of drug-likeness (QED) is 0.209. The van der Waals surface area contributed by atoms with Gasteiger partial charge in [-0.3, -0.25) is 9.59 Å². The van der Waals surface area contributed by atoms with Gasteiger partial charge in [0.2, 0.25) is 23.3 Å². The lowest BCUT2D eigenvalue weighted by Crippen LogP contribution is -2.41. The van der Waals surface area contributed by atoms with E-state index in [2.05, 4.69) is 5.32 Å². The van der Waals surface area contributed by atoms with Crippen molar-refractivity contribution in [2.24, 2.45) is 5.92 Å². The fourth-order valence-electron chi connectivity index (χ4n) is 5.29. The van der Waals surface area contributed by atoms with Gasteiger partial charge in [0.15, 0.2) is 0 Å². The van der Waals surface area contributed by atoms with Gasteiger partial charge in [-0.05, 0) is 42.9 Å². The second-order valence-electron chi connectivity index (χ2n) is 10.3. The minimum absolute atomic E-state index is 0.172. The number of nitrogens with one attached hydrogen (secondary N) is 1. The van der Waals surface area contributed by atoms with Gasteiger partial charge < -0.3 is 9.73 Å². The molecule has 5 rings (SSSR count). The van der Waals surface area contributed by atoms with Gasteiger partial charge in [0.25, 0.3) is 0 Å². The van der Waals surface area contributed by atoms with Crippen LogP contribution in [-0.2, 0) is 11.2 Å². The molecule has 39 heavy (non-hydrogen) atoms. The second-order valence-corrected chi connectivity index (χ2v) is 10.3. The molecule has 1 heterocycles. The van der Waals surface area contributed by atoms with Crippen LogP contribution in [0, 0.1) is 12.3 Å². The van der Waals surface area contributed by atoms with Gasteiger partial charge >= 0.3 is 0 Å². The second kappa shape index (κ2) is 13.2. The number of rotatable bonds is 11. The van der Waals surface area contributed by atoms with Crippen molar-refractivity contribution in [3.05, 3.63) is 109 Å². The lowest BCUT2D eigenvalue weighted by atomic mass is 9.86. The van der Waals surface area contributed by atoms with Crippen LogP contribution in [0.5, 0.6) is 0 Å². The summed E-state index contributed by atoms with van der Waals surface area (Å²) >= 11 is 0. The highest BCUT2D eigenvalue weighted by Crippen LogP contribution is 2.31. The molecular weight excluding hydrogens is 484 g/mol. The highest BCUT2D eigenvalue weighted by atomic mass is 16.4. The Morgan fingerprint density at radius 3 is 2.13 bits per heavy atom. The number of oxazole rings is 1. The maximum atomic E-state index is 14.1. The van der Waals surface area contributed by atoms with Crippen LogP contribution in [0.4, 0.5) is 0 Å². The summed E-state index contributed by atoms with van der Waals surface area (Å²) in [5.41, 5.74) is 3.19. The molecule has 3 aromatic carbocycles. The van der Waals surface area contributed by atoms with E-state index in [0.29, 0.717) is 30.3 Å². The van der Waals surface area contributed by atoms with Crippen LogP contribution >= 0.6 is 0 Å². The van der Waals surface area contributed by atoms with Crippen LogP contribution in [0.2, 0.25) is 0 Å². The van der Waals surface area contributed by atoms with Crippen molar-refractivity contribution in [3.8, 4) is 22.7 Å². The first-order valence-electron chi connectivity index (χ1n) is 14.0. The first kappa shape index (κ1) is 26.6. The monoisotopic (exact) mass is 519 g/mol. The van der Waals surface area contributed by atoms with Gasteiger partial charge in [0.1, 0.15) is 5.69 Å². The van der Waals surface area contributed by atoms with E-state index in [4.69, 9.17) is 9.40 Å². The topological polar surface area (TPSA) is 72.2 Å². The van der Waals surface area contributed by atoms with Crippen LogP contribution in [-0.4, -0.2) is 22.7 Å². The third kappa shape index (κ3) is 7.11. The van der Waals surface area contributed by atoms with E-state index in [-0.39, 0.29) is 17.5 Å². The zero-order valence-electron chi connectivity index (χ0n) is 22.2. The number of nitrogens with zero attached hydrogens (tertiary/aromatic N) is 1. The van der Waals surface area contributed by atoms with Crippen molar-refractivity contribution in [1.29, 1.82) is 0 Å². The third-order valence-electron chi connectivity index (χ3n) is 7.48. The number of aryl methyl sites for hydroxylation is 1. The number of amides is 1. The van der Waals surface area contributed by atoms with E-state index in [1.54, 1.807) is 6.42 Å². The Morgan fingerprint density at radius 1 is 0.846 bits per heavy atom. The largest absolute Gasteiger partial charge is 0.432 e. The molecule has 1 amide bonds. The highest BCUT2D eigenvalue weighted by molar-refractivity contribution is 6.04. The summed E-state index contributed by atoms with van der Waals surface area (Å²) in [7, 11) is 0. The molecule has 0 unspecified atom stereocenters. The first-order chi connectivity index (χ1) is 19.2. The smallest absolute Gasteiger partial charge is 0.227 e. The van der Waals surface area contributed by atoms with Crippen molar-refractivity contribution < 1.29 is 14.0 Å². The molecule has 1 N–H and O–H groups in total. The molecule has 5 heteroatoms. The van der Waals surface area contributed by atoms with Gasteiger partial charge in [0, 0.05) is 17.5 Å². The Bertz CT molecular complexity index is 1340. The SMILES string of the molecule is O=C([CH]CC1CCCCC1)N[C@@H](CCc1ccccc1)C(=O)c1oc(-c2ccccc2)nc1-c1ccccc1. The molecule has 0 aliphatic heterocycles. The molecule has 0 spiro atoms. The zero-order valence-corrected chi connectivity index (χ0v) is 22.2. The third-order valence-corrected chi connectivity index (χ3v) is 7.48. The lowest BCUT2D eigenvalue weighted by molar-refractivity contribution is -0.118. The lowest BCUT2D eigenvalue weighted by Gasteiger charge is -2.22. The minimum Gasteiger partial charge on any atom is -0.432 e. The molecule has 4 aromatic rings. The maximum Gasteiger partial charge on any atom is 0.227 e. The Balaban J connectivity index is 1.41. The van der Waals surface area contributed by atoms with Crippen LogP contribution in [0.15, 0.2) is 95.4 Å². The molecule has 0 saturated heterocycles. The van der Waals surface area contributed by atoms with Crippen LogP contribution in [0.25, 0.3) is 22.7 Å². The fourth-order valence-corrected chi connectivity index (χ4v) is 5.29. The predicted octanol–water partition coefficient (Wildman–Crippen LogP) is 7.48. The standard InChI is InChI=1S/C34H35N2O3/c37-30(24-22-26-15-7-2-8-16-26)35-29(23-21-25-13-5-1-6-14-25)32(38)33-31(27-17-9-3-10-18-27)36-34(39-33)28-19-11-4-12-20-28/h1,3-6,9-14,17-20,24,26,29H,2,7-8,15-16,21-23H2,(H,35,37)/t29-/m0/s1. The predicted molar refractivity (Wildman–Crippen MR) is 154 cm³/mol. The van der Waals surface area contributed by atoms with Crippen LogP contribution < -0.4 is 5.32 Å². The summed E-state index contributed by atoms with van der Waals surface area (Å²) in [5.74, 6) is 0.644. The normalized spacial score (nSPS) is 14.6. The molecule has 0 bridgehead atoms. The van der Waals surface area contributed by atoms with E-state index in [1.165, 1.54) is 32.1 Å². The van der Waals surface area contributed by atoms with Crippen LogP contribution in [0.1, 0.15) is 61.1 Å². The number of carbonyl (C=O) groups excluding carboxylic acids is 2. The summed E-state index contributed by atoms with van der Waals surface area (Å²) in [6.07, 6.45) is 9.67. The highest BCUT2D eigenvalue weighted by Gasteiger charge is 2.30. The summed E-state index contributed by atoms with van der Waals surface area (Å²) in [4.78, 5) is 31.9. The van der Waals surface area contributed by atoms with Crippen molar-refractivity contribution in [3.63, 3.8) is 0 Å². The number of Topliss-reactive ketones (excluding diaryl/α,β-unsaturated/α-hetero) is 1. The van der Waals surface area contributed by atoms with Gasteiger partial charge in [0.05, 0.1) is 6.04 Å². The summed E-state index contributed by atoms with van der Waals surface area (Å²) < 4.78 is 6.16. The van der Waals surface area contributed by atoms with E-state index in [9.17, 15) is 9.59 Å². The summed E-state index contributed by atoms with van der Waals surface area (Å²) in [6.45, 7) is 0. The Labute approximate surface area is 230 Å². The van der Waals surface area contributed by atoms with Gasteiger partial charge in [-0.25, -0.2) is 4.98 Å². The van der Waals surface area contributed by atoms with E-state index >= 15 is 0 Å². The molecule has 1 radical (unpaired) electrons. The molecule has 5 nitrogen and oxygen atoms in total. The number of hydrogen-bond donors (Lipinski definition) is 1. The molecule has 199 valence electrons. The van der Waals surface area contributed by atoms with Crippen molar-refractivity contribution in [2.45, 2.75) is 57.4 Å². The molecule has 1 aliphatic rings. The maximum absolute atomic E-state index is 14.1. The van der Waals surface area contributed by atoms with Crippen molar-refractivity contribution >= 4 is 11.7 Å². The minimum atomic E-state index is -0.737. The molecule has 1 saturated carbocycles. The number of benzene rings is 3. The fraction of sp³-hybridized carbons (Fsp3) is 0.294. The van der Waals surface area contributed by atoms with Crippen molar-refractivity contribution in [1.82, 2.24) is 10.3 Å². The number of ketones is 1. The Kier molecular flexibility index (Phi) is 9.00. The molecule has 1 aliphatic carbocycles. The van der Waals surface area contributed by atoms with Gasteiger partial charge in [-0.2, -0.15) is 0 Å². The zero-order chi connectivity index (χ0) is 26.9. The average molecular weight is 520 g/mol. The average Bonchev–Trinajstić information content (AvgIpc) is 3.45. The summed E-state index contributed by atoms with van der Waals surface area (Å²) in [6, 6.07) is 28.4. The van der Waals surface area contributed by atoms with E-state index in [0.717, 1.165) is 23.1 Å². The molecular formula is C34H35N2O3. The first-order valence-corrected chi connectivity index (χ1v) is 14.0. The molecule has 1 fully saturated rings. The molecule has 1 atom stereocenters.